The second kappa shape index (κ2) is 5.55. The molecule has 0 spiro atoms. The van der Waals surface area contributed by atoms with Crippen molar-refractivity contribution in [2.24, 2.45) is 11.3 Å². The van der Waals surface area contributed by atoms with E-state index in [9.17, 15) is 4.79 Å². The minimum Gasteiger partial charge on any atom is -0.403 e. The highest BCUT2D eigenvalue weighted by atomic mass is 32.1. The molecule has 3 nitrogen and oxygen atoms in total. The van der Waals surface area contributed by atoms with Gasteiger partial charge in [-0.1, -0.05) is 39.0 Å². The molecule has 0 amide bonds. The van der Waals surface area contributed by atoms with Crippen molar-refractivity contribution in [2.45, 2.75) is 40.0 Å². The molecule has 0 aliphatic heterocycles. The van der Waals surface area contributed by atoms with Crippen LogP contribution in [0, 0.1) is 11.3 Å². The fraction of sp³-hybridized carbons (Fsp3) is 0.400. The highest BCUT2D eigenvalue weighted by Gasteiger charge is 2.32. The summed E-state index contributed by atoms with van der Waals surface area (Å²) in [5, 5.41) is 0.710. The van der Waals surface area contributed by atoms with Crippen molar-refractivity contribution in [1.29, 1.82) is 0 Å². The number of aromatic nitrogens is 1. The molecular formula is C20H21NO2S. The van der Waals surface area contributed by atoms with E-state index in [1.807, 2.05) is 30.3 Å². The van der Waals surface area contributed by atoms with Crippen molar-refractivity contribution in [1.82, 2.24) is 4.98 Å². The van der Waals surface area contributed by atoms with E-state index in [1.165, 1.54) is 10.4 Å². The monoisotopic (exact) mass is 339 g/mol. The smallest absolute Gasteiger partial charge is 0.348 e. The van der Waals surface area contributed by atoms with Crippen LogP contribution in [0.15, 0.2) is 39.5 Å². The second-order valence-electron chi connectivity index (χ2n) is 7.66. The van der Waals surface area contributed by atoms with Gasteiger partial charge in [0.15, 0.2) is 0 Å². The first-order valence-electron chi connectivity index (χ1n) is 8.44. The number of fused-ring (bicyclic) bond motifs is 3. The summed E-state index contributed by atoms with van der Waals surface area (Å²) >= 11 is 1.67. The third-order valence-corrected chi connectivity index (χ3v) is 6.24. The molecule has 24 heavy (non-hydrogen) atoms. The predicted octanol–water partition coefficient (Wildman–Crippen LogP) is 5.07. The van der Waals surface area contributed by atoms with Gasteiger partial charge in [-0.2, -0.15) is 0 Å². The van der Waals surface area contributed by atoms with Crippen LogP contribution in [0.5, 0.6) is 0 Å². The van der Waals surface area contributed by atoms with Gasteiger partial charge in [0.2, 0.25) is 5.89 Å². The quantitative estimate of drug-likeness (QED) is 0.622. The largest absolute Gasteiger partial charge is 0.403 e. The number of hydrogen-bond acceptors (Lipinski definition) is 4. The summed E-state index contributed by atoms with van der Waals surface area (Å²) in [5.74, 6) is 1.07. The number of benzene rings is 1. The maximum Gasteiger partial charge on any atom is 0.348 e. The van der Waals surface area contributed by atoms with E-state index >= 15 is 0 Å². The van der Waals surface area contributed by atoms with E-state index in [4.69, 9.17) is 4.42 Å². The molecule has 2 heterocycles. The molecule has 0 bridgehead atoms. The van der Waals surface area contributed by atoms with Gasteiger partial charge in [0.25, 0.3) is 0 Å². The summed E-state index contributed by atoms with van der Waals surface area (Å²) in [6.07, 6.45) is 3.12. The molecule has 124 valence electrons. The van der Waals surface area contributed by atoms with Crippen LogP contribution < -0.4 is 5.63 Å². The van der Waals surface area contributed by atoms with Gasteiger partial charge in [-0.25, -0.2) is 9.78 Å². The van der Waals surface area contributed by atoms with Crippen LogP contribution in [-0.4, -0.2) is 4.98 Å². The molecule has 1 aliphatic carbocycles. The number of hydrogen-bond donors (Lipinski definition) is 0. The lowest BCUT2D eigenvalue weighted by molar-refractivity contribution is 0.218. The second-order valence-corrected chi connectivity index (χ2v) is 8.75. The van der Waals surface area contributed by atoms with Gasteiger partial charge < -0.3 is 4.42 Å². The Balaban J connectivity index is 1.83. The van der Waals surface area contributed by atoms with E-state index < -0.39 is 0 Å². The van der Waals surface area contributed by atoms with Crippen LogP contribution in [0.2, 0.25) is 0 Å². The summed E-state index contributed by atoms with van der Waals surface area (Å²) in [6, 6.07) is 9.63. The fourth-order valence-electron chi connectivity index (χ4n) is 3.56. The highest BCUT2D eigenvalue weighted by Crippen LogP contribution is 2.42. The first-order chi connectivity index (χ1) is 11.4. The summed E-state index contributed by atoms with van der Waals surface area (Å²) in [4.78, 5) is 19.4. The van der Waals surface area contributed by atoms with Gasteiger partial charge in [0, 0.05) is 10.4 Å². The Morgan fingerprint density at radius 2 is 1.96 bits per heavy atom. The first-order valence-corrected chi connectivity index (χ1v) is 9.26. The van der Waals surface area contributed by atoms with Gasteiger partial charge in [0.05, 0.1) is 0 Å². The van der Waals surface area contributed by atoms with E-state index in [0.717, 1.165) is 29.7 Å². The molecule has 0 fully saturated rings. The molecular weight excluding hydrogens is 318 g/mol. The number of nitrogens with zero attached hydrogens (tertiary/aromatic N) is 1. The van der Waals surface area contributed by atoms with Crippen LogP contribution in [0.3, 0.4) is 0 Å². The zero-order valence-electron chi connectivity index (χ0n) is 14.3. The maximum atomic E-state index is 12.6. The Morgan fingerprint density at radius 3 is 2.67 bits per heavy atom. The van der Waals surface area contributed by atoms with Gasteiger partial charge >= 0.3 is 5.63 Å². The van der Waals surface area contributed by atoms with E-state index in [0.29, 0.717) is 22.6 Å². The fourth-order valence-corrected chi connectivity index (χ4v) is 4.84. The number of aryl methyl sites for hydroxylation is 1. The molecule has 1 atom stereocenters. The van der Waals surface area contributed by atoms with E-state index in [1.54, 1.807) is 11.3 Å². The maximum absolute atomic E-state index is 12.6. The van der Waals surface area contributed by atoms with E-state index in [-0.39, 0.29) is 5.63 Å². The Morgan fingerprint density at radius 1 is 1.21 bits per heavy atom. The van der Waals surface area contributed by atoms with Gasteiger partial charge in [-0.05, 0) is 48.3 Å². The van der Waals surface area contributed by atoms with Crippen LogP contribution in [0.25, 0.3) is 21.7 Å². The molecule has 1 aromatic carbocycles. The van der Waals surface area contributed by atoms with Crippen molar-refractivity contribution in [3.05, 3.63) is 51.2 Å². The SMILES string of the molecule is CC(C)(C)C1CCc2c(sc3nc(-c4ccccc4)oc(=O)c23)C1. The van der Waals surface area contributed by atoms with Crippen LogP contribution >= 0.6 is 11.3 Å². The van der Waals surface area contributed by atoms with Gasteiger partial charge in [-0.15, -0.1) is 11.3 Å². The standard InChI is InChI=1S/C20H21NO2S/c1-20(2,3)13-9-10-14-15(11-13)24-18-16(14)19(22)23-17(21-18)12-7-5-4-6-8-12/h4-8,13H,9-11H2,1-3H3. The zero-order valence-corrected chi connectivity index (χ0v) is 15.1. The average molecular weight is 339 g/mol. The minimum atomic E-state index is -0.245. The van der Waals surface area contributed by atoms with Crippen molar-refractivity contribution < 1.29 is 4.42 Å². The third-order valence-electron chi connectivity index (χ3n) is 5.09. The molecule has 2 aromatic heterocycles. The van der Waals surface area contributed by atoms with Crippen LogP contribution in [0.4, 0.5) is 0 Å². The van der Waals surface area contributed by atoms with E-state index in [2.05, 4.69) is 25.8 Å². The van der Waals surface area contributed by atoms with Crippen molar-refractivity contribution in [3.63, 3.8) is 0 Å². The molecule has 4 heteroatoms. The lowest BCUT2D eigenvalue weighted by Gasteiger charge is -2.33. The lowest BCUT2D eigenvalue weighted by atomic mass is 9.72. The van der Waals surface area contributed by atoms with Gasteiger partial charge in [0.1, 0.15) is 10.2 Å². The highest BCUT2D eigenvalue weighted by molar-refractivity contribution is 7.18. The van der Waals surface area contributed by atoms with Gasteiger partial charge in [-0.3, -0.25) is 0 Å². The summed E-state index contributed by atoms with van der Waals surface area (Å²) in [7, 11) is 0. The normalized spacial score (nSPS) is 17.9. The summed E-state index contributed by atoms with van der Waals surface area (Å²) in [6.45, 7) is 6.91. The Labute approximate surface area is 145 Å². The van der Waals surface area contributed by atoms with Crippen molar-refractivity contribution >= 4 is 21.6 Å². The van der Waals surface area contributed by atoms with Crippen molar-refractivity contribution in [3.8, 4) is 11.5 Å². The predicted molar refractivity (Wildman–Crippen MR) is 98.6 cm³/mol. The molecule has 0 N–H and O–H groups in total. The zero-order chi connectivity index (χ0) is 16.9. The average Bonchev–Trinajstić information content (AvgIpc) is 2.92. The summed E-state index contributed by atoms with van der Waals surface area (Å²) < 4.78 is 5.54. The first kappa shape index (κ1) is 15.6. The minimum absolute atomic E-state index is 0.245. The lowest BCUT2D eigenvalue weighted by Crippen LogP contribution is -2.26. The molecule has 0 saturated heterocycles. The topological polar surface area (TPSA) is 43.1 Å². The molecule has 1 unspecified atom stereocenters. The Bertz CT molecular complexity index is 947. The van der Waals surface area contributed by atoms with Crippen LogP contribution in [-0.2, 0) is 12.8 Å². The Hall–Kier alpha value is -1.94. The number of thiophene rings is 1. The number of rotatable bonds is 1. The molecule has 0 radical (unpaired) electrons. The van der Waals surface area contributed by atoms with Crippen molar-refractivity contribution in [2.75, 3.05) is 0 Å². The molecule has 4 rings (SSSR count). The molecule has 1 aliphatic rings. The third kappa shape index (κ3) is 2.59. The molecule has 3 aromatic rings. The van der Waals surface area contributed by atoms with Crippen LogP contribution in [0.1, 0.15) is 37.6 Å². The Kier molecular flexibility index (Phi) is 3.61. The molecule has 0 saturated carbocycles. The summed E-state index contributed by atoms with van der Waals surface area (Å²) in [5.41, 5.74) is 2.07.